The second-order valence-electron chi connectivity index (χ2n) is 5.56. The molecule has 1 atom stereocenters. The smallest absolute Gasteiger partial charge is 0.241 e. The summed E-state index contributed by atoms with van der Waals surface area (Å²) in [4.78, 5) is 13.4. The highest BCUT2D eigenvalue weighted by atomic mass is 32.2. The van der Waals surface area contributed by atoms with Crippen molar-refractivity contribution in [1.29, 1.82) is 0 Å². The molecular formula is C18H21N3O2S. The lowest BCUT2D eigenvalue weighted by molar-refractivity contribution is -0.117. The first-order valence-electron chi connectivity index (χ1n) is 7.96. The van der Waals surface area contributed by atoms with Crippen LogP contribution in [0.25, 0.3) is 0 Å². The Kier molecular flexibility index (Phi) is 5.61. The molecule has 0 spiro atoms. The Hall–Kier alpha value is -2.18. The molecule has 2 aromatic rings. The number of anilines is 2. The number of methoxy groups -OCH3 is 1. The van der Waals surface area contributed by atoms with Crippen LogP contribution in [0.3, 0.4) is 0 Å². The van der Waals surface area contributed by atoms with E-state index in [0.29, 0.717) is 0 Å². The van der Waals surface area contributed by atoms with Gasteiger partial charge in [-0.3, -0.25) is 4.79 Å². The van der Waals surface area contributed by atoms with Gasteiger partial charge < -0.3 is 20.1 Å². The number of hydrogen-bond acceptors (Lipinski definition) is 5. The van der Waals surface area contributed by atoms with Crippen LogP contribution >= 0.6 is 11.9 Å². The molecule has 0 aliphatic carbocycles. The topological polar surface area (TPSA) is 62.4 Å². The number of carbonyl (C=O) groups excluding carboxylic acids is 1. The Labute approximate surface area is 146 Å². The number of rotatable bonds is 6. The van der Waals surface area contributed by atoms with Crippen LogP contribution in [-0.2, 0) is 4.79 Å². The minimum absolute atomic E-state index is 0.0243. The molecule has 6 heteroatoms. The van der Waals surface area contributed by atoms with Crippen molar-refractivity contribution in [2.75, 3.05) is 23.7 Å². The molecule has 24 heavy (non-hydrogen) atoms. The Bertz CT molecular complexity index is 685. The number of carbonyl (C=O) groups is 1. The van der Waals surface area contributed by atoms with Crippen LogP contribution in [0.5, 0.6) is 5.75 Å². The SMILES string of the molecule is COc1ccc(SNc2ccccc2NC(=O)C2CCCN2)cc1. The van der Waals surface area contributed by atoms with Gasteiger partial charge in [-0.25, -0.2) is 0 Å². The van der Waals surface area contributed by atoms with Crippen LogP contribution < -0.4 is 20.1 Å². The predicted octanol–water partition coefficient (Wildman–Crippen LogP) is 3.50. The van der Waals surface area contributed by atoms with Crippen LogP contribution in [0.15, 0.2) is 53.4 Å². The van der Waals surface area contributed by atoms with Crippen LogP contribution in [0.1, 0.15) is 12.8 Å². The van der Waals surface area contributed by atoms with E-state index in [1.54, 1.807) is 7.11 Å². The average molecular weight is 343 g/mol. The van der Waals surface area contributed by atoms with E-state index in [1.807, 2.05) is 48.5 Å². The van der Waals surface area contributed by atoms with Gasteiger partial charge in [-0.2, -0.15) is 0 Å². The minimum atomic E-state index is -0.0905. The first-order valence-corrected chi connectivity index (χ1v) is 8.78. The lowest BCUT2D eigenvalue weighted by Crippen LogP contribution is -2.35. The van der Waals surface area contributed by atoms with E-state index >= 15 is 0 Å². The van der Waals surface area contributed by atoms with Crippen molar-refractivity contribution >= 4 is 29.2 Å². The summed E-state index contributed by atoms with van der Waals surface area (Å²) in [5, 5.41) is 6.22. The highest BCUT2D eigenvalue weighted by molar-refractivity contribution is 8.00. The summed E-state index contributed by atoms with van der Waals surface area (Å²) in [7, 11) is 1.65. The lowest BCUT2D eigenvalue weighted by atomic mass is 10.2. The van der Waals surface area contributed by atoms with Crippen LogP contribution in [0, 0.1) is 0 Å². The van der Waals surface area contributed by atoms with Crippen molar-refractivity contribution in [3.8, 4) is 5.75 Å². The summed E-state index contributed by atoms with van der Waals surface area (Å²) in [5.74, 6) is 0.854. The van der Waals surface area contributed by atoms with Gasteiger partial charge >= 0.3 is 0 Å². The molecule has 0 saturated carbocycles. The number of hydrogen-bond donors (Lipinski definition) is 3. The molecule has 1 aliphatic heterocycles. The van der Waals surface area contributed by atoms with Crippen molar-refractivity contribution < 1.29 is 9.53 Å². The minimum Gasteiger partial charge on any atom is -0.497 e. The van der Waals surface area contributed by atoms with Crippen molar-refractivity contribution in [2.45, 2.75) is 23.8 Å². The third-order valence-electron chi connectivity index (χ3n) is 3.90. The third kappa shape index (κ3) is 4.21. The fourth-order valence-electron chi connectivity index (χ4n) is 2.57. The molecule has 126 valence electrons. The van der Waals surface area contributed by atoms with Gasteiger partial charge in [0, 0.05) is 4.90 Å². The number of nitrogens with one attached hydrogen (secondary N) is 3. The molecule has 1 amide bonds. The van der Waals surface area contributed by atoms with Gasteiger partial charge in [0.1, 0.15) is 5.75 Å². The average Bonchev–Trinajstić information content (AvgIpc) is 3.16. The molecule has 0 bridgehead atoms. The third-order valence-corrected chi connectivity index (χ3v) is 4.73. The maximum Gasteiger partial charge on any atom is 0.241 e. The second kappa shape index (κ2) is 8.08. The van der Waals surface area contributed by atoms with Crippen molar-refractivity contribution in [1.82, 2.24) is 5.32 Å². The maximum atomic E-state index is 12.3. The van der Waals surface area contributed by atoms with E-state index in [-0.39, 0.29) is 11.9 Å². The summed E-state index contributed by atoms with van der Waals surface area (Å²) in [6.45, 7) is 0.908. The summed E-state index contributed by atoms with van der Waals surface area (Å²) in [6.07, 6.45) is 1.94. The molecule has 1 heterocycles. The predicted molar refractivity (Wildman–Crippen MR) is 98.6 cm³/mol. The molecule has 1 fully saturated rings. The molecule has 3 N–H and O–H groups in total. The molecular weight excluding hydrogens is 322 g/mol. The molecule has 1 saturated heterocycles. The zero-order chi connectivity index (χ0) is 16.8. The standard InChI is InChI=1S/C18H21N3O2S/c1-23-13-8-10-14(11-9-13)24-21-16-6-3-2-5-15(16)20-18(22)17-7-4-12-19-17/h2-3,5-6,8-11,17,19,21H,4,7,12H2,1H3,(H,20,22). The molecule has 1 unspecified atom stereocenters. The lowest BCUT2D eigenvalue weighted by Gasteiger charge is -2.15. The Morgan fingerprint density at radius 2 is 1.92 bits per heavy atom. The normalized spacial score (nSPS) is 16.6. The largest absolute Gasteiger partial charge is 0.497 e. The summed E-state index contributed by atoms with van der Waals surface area (Å²) in [5.41, 5.74) is 1.67. The van der Waals surface area contributed by atoms with Crippen LogP contribution in [0.2, 0.25) is 0 Å². The van der Waals surface area contributed by atoms with Gasteiger partial charge in [0.05, 0.1) is 24.5 Å². The highest BCUT2D eigenvalue weighted by Gasteiger charge is 2.22. The molecule has 1 aliphatic rings. The number of para-hydroxylation sites is 2. The van der Waals surface area contributed by atoms with Crippen LogP contribution in [0.4, 0.5) is 11.4 Å². The fraction of sp³-hybridized carbons (Fsp3) is 0.278. The van der Waals surface area contributed by atoms with Gasteiger partial charge in [-0.15, -0.1) is 0 Å². The van der Waals surface area contributed by atoms with E-state index in [1.165, 1.54) is 11.9 Å². The molecule has 5 nitrogen and oxygen atoms in total. The zero-order valence-electron chi connectivity index (χ0n) is 13.5. The Balaban J connectivity index is 1.63. The molecule has 2 aromatic carbocycles. The first kappa shape index (κ1) is 16.7. The van der Waals surface area contributed by atoms with Crippen LogP contribution in [-0.4, -0.2) is 25.6 Å². The number of amides is 1. The molecule has 3 rings (SSSR count). The fourth-order valence-corrected chi connectivity index (χ4v) is 3.24. The maximum absolute atomic E-state index is 12.3. The number of benzene rings is 2. The molecule has 0 radical (unpaired) electrons. The van der Waals surface area contributed by atoms with E-state index in [4.69, 9.17) is 4.74 Å². The summed E-state index contributed by atoms with van der Waals surface area (Å²) < 4.78 is 8.46. The zero-order valence-corrected chi connectivity index (χ0v) is 14.4. The number of ether oxygens (including phenoxy) is 1. The van der Waals surface area contributed by atoms with Crippen molar-refractivity contribution in [2.24, 2.45) is 0 Å². The quantitative estimate of drug-likeness (QED) is 0.701. The highest BCUT2D eigenvalue weighted by Crippen LogP contribution is 2.28. The van der Waals surface area contributed by atoms with Crippen molar-refractivity contribution in [3.05, 3.63) is 48.5 Å². The monoisotopic (exact) mass is 343 g/mol. The van der Waals surface area contributed by atoms with Gasteiger partial charge in [0.15, 0.2) is 0 Å². The van der Waals surface area contributed by atoms with Gasteiger partial charge in [0.25, 0.3) is 0 Å². The molecule has 0 aromatic heterocycles. The van der Waals surface area contributed by atoms with E-state index < -0.39 is 0 Å². The van der Waals surface area contributed by atoms with E-state index in [9.17, 15) is 4.79 Å². The Morgan fingerprint density at radius 3 is 2.58 bits per heavy atom. The van der Waals surface area contributed by atoms with Gasteiger partial charge in [-0.1, -0.05) is 12.1 Å². The second-order valence-corrected chi connectivity index (χ2v) is 6.44. The van der Waals surface area contributed by atoms with Gasteiger partial charge in [0.2, 0.25) is 5.91 Å². The summed E-state index contributed by atoms with van der Waals surface area (Å²) in [6, 6.07) is 15.4. The Morgan fingerprint density at radius 1 is 1.17 bits per heavy atom. The van der Waals surface area contributed by atoms with Crippen molar-refractivity contribution in [3.63, 3.8) is 0 Å². The summed E-state index contributed by atoms with van der Waals surface area (Å²) >= 11 is 1.49. The van der Waals surface area contributed by atoms with E-state index in [0.717, 1.165) is 41.4 Å². The van der Waals surface area contributed by atoms with E-state index in [2.05, 4.69) is 15.4 Å². The first-order chi connectivity index (χ1) is 11.8. The van der Waals surface area contributed by atoms with Gasteiger partial charge in [-0.05, 0) is 67.7 Å².